The highest BCUT2D eigenvalue weighted by atomic mass is 35.5. The first-order valence-electron chi connectivity index (χ1n) is 8.39. The Morgan fingerprint density at radius 2 is 1.64 bits per heavy atom. The molecule has 0 aliphatic rings. The summed E-state index contributed by atoms with van der Waals surface area (Å²) in [7, 11) is 0. The lowest BCUT2D eigenvalue weighted by molar-refractivity contribution is 0.561. The van der Waals surface area contributed by atoms with Gasteiger partial charge in [0.05, 0.1) is 0 Å². The summed E-state index contributed by atoms with van der Waals surface area (Å²) in [5.74, 6) is -0.0949. The predicted octanol–water partition coefficient (Wildman–Crippen LogP) is 5.82. The van der Waals surface area contributed by atoms with Crippen LogP contribution in [0.5, 0.6) is 0 Å². The van der Waals surface area contributed by atoms with E-state index in [1.165, 1.54) is 0 Å². The Kier molecular flexibility index (Phi) is 5.52. The van der Waals surface area contributed by atoms with E-state index in [9.17, 15) is 4.39 Å². The van der Waals surface area contributed by atoms with Crippen LogP contribution in [0.3, 0.4) is 0 Å². The van der Waals surface area contributed by atoms with Gasteiger partial charge < -0.3 is 5.73 Å². The smallest absolute Gasteiger partial charge is 0.131 e. The Balaban J connectivity index is 1.86. The van der Waals surface area contributed by atoms with Crippen molar-refractivity contribution in [1.82, 2.24) is 0 Å². The van der Waals surface area contributed by atoms with Crippen LogP contribution in [0.4, 0.5) is 4.39 Å². The van der Waals surface area contributed by atoms with Gasteiger partial charge in [0.25, 0.3) is 0 Å². The van der Waals surface area contributed by atoms with Crippen molar-refractivity contribution in [2.75, 3.05) is 0 Å². The summed E-state index contributed by atoms with van der Waals surface area (Å²) in [6.45, 7) is 1.98. The molecule has 0 fully saturated rings. The molecule has 128 valence electrons. The number of halogens is 2. The van der Waals surface area contributed by atoms with Gasteiger partial charge in [-0.15, -0.1) is 0 Å². The van der Waals surface area contributed by atoms with Crippen molar-refractivity contribution < 1.29 is 4.39 Å². The lowest BCUT2D eigenvalue weighted by atomic mass is 9.86. The van der Waals surface area contributed by atoms with Crippen molar-refractivity contribution in [2.24, 2.45) is 5.73 Å². The summed E-state index contributed by atoms with van der Waals surface area (Å²) >= 11 is 5.97. The molecular weight excluding hydrogens is 333 g/mol. The number of benzene rings is 3. The average Bonchev–Trinajstić information content (AvgIpc) is 2.61. The molecule has 0 amide bonds. The van der Waals surface area contributed by atoms with Crippen molar-refractivity contribution in [3.63, 3.8) is 0 Å². The molecule has 3 aromatic rings. The van der Waals surface area contributed by atoms with Gasteiger partial charge in [0, 0.05) is 22.5 Å². The third kappa shape index (κ3) is 4.28. The number of hydrogen-bond acceptors (Lipinski definition) is 1. The zero-order valence-electron chi connectivity index (χ0n) is 14.1. The van der Waals surface area contributed by atoms with Crippen molar-refractivity contribution in [1.29, 1.82) is 0 Å². The monoisotopic (exact) mass is 353 g/mol. The molecule has 0 aliphatic carbocycles. The lowest BCUT2D eigenvalue weighted by Gasteiger charge is -2.22. The molecule has 0 heterocycles. The van der Waals surface area contributed by atoms with E-state index in [2.05, 4.69) is 0 Å². The van der Waals surface area contributed by atoms with E-state index in [1.54, 1.807) is 6.07 Å². The Labute approximate surface area is 153 Å². The van der Waals surface area contributed by atoms with E-state index in [-0.39, 0.29) is 17.8 Å². The maximum atomic E-state index is 14.6. The van der Waals surface area contributed by atoms with E-state index in [0.29, 0.717) is 17.0 Å². The second-order valence-corrected chi connectivity index (χ2v) is 6.84. The molecule has 3 rings (SSSR count). The molecule has 3 heteroatoms. The molecule has 0 aromatic heterocycles. The largest absolute Gasteiger partial charge is 0.327 e. The van der Waals surface area contributed by atoms with Crippen LogP contribution < -0.4 is 5.73 Å². The fraction of sp³-hybridized carbons (Fsp3) is 0.182. The number of rotatable bonds is 5. The van der Waals surface area contributed by atoms with E-state index >= 15 is 0 Å². The van der Waals surface area contributed by atoms with E-state index in [4.69, 9.17) is 17.3 Å². The molecule has 0 saturated heterocycles. The van der Waals surface area contributed by atoms with Gasteiger partial charge in [-0.1, -0.05) is 66.2 Å². The summed E-state index contributed by atoms with van der Waals surface area (Å²) in [4.78, 5) is 0. The fourth-order valence-electron chi connectivity index (χ4n) is 3.11. The topological polar surface area (TPSA) is 26.0 Å². The van der Waals surface area contributed by atoms with Crippen molar-refractivity contribution in [3.8, 4) is 11.1 Å². The zero-order chi connectivity index (χ0) is 17.8. The Morgan fingerprint density at radius 1 is 0.960 bits per heavy atom. The summed E-state index contributed by atoms with van der Waals surface area (Å²) in [5, 5.41) is 0.699. The van der Waals surface area contributed by atoms with E-state index in [0.717, 1.165) is 16.7 Å². The van der Waals surface area contributed by atoms with E-state index < -0.39 is 0 Å². The quantitative estimate of drug-likeness (QED) is 0.614. The predicted molar refractivity (Wildman–Crippen MR) is 103 cm³/mol. The SMILES string of the molecule is CC(N)C(Cc1ccc(-c2ccccc2)c(F)c1)c1ccc(Cl)cc1. The Hall–Kier alpha value is -2.16. The van der Waals surface area contributed by atoms with Crippen molar-refractivity contribution in [2.45, 2.75) is 25.3 Å². The summed E-state index contributed by atoms with van der Waals surface area (Å²) in [6, 6.07) is 22.7. The normalized spacial score (nSPS) is 13.4. The third-order valence-electron chi connectivity index (χ3n) is 4.51. The molecule has 0 aliphatic heterocycles. The first-order chi connectivity index (χ1) is 12.0. The molecule has 0 radical (unpaired) electrons. The van der Waals surface area contributed by atoms with Gasteiger partial charge >= 0.3 is 0 Å². The van der Waals surface area contributed by atoms with Crippen molar-refractivity contribution >= 4 is 11.6 Å². The van der Waals surface area contributed by atoms with E-state index in [1.807, 2.05) is 73.7 Å². The summed E-state index contributed by atoms with van der Waals surface area (Å²) in [6.07, 6.45) is 0.686. The zero-order valence-corrected chi connectivity index (χ0v) is 14.9. The van der Waals surface area contributed by atoms with Crippen LogP contribution in [0.2, 0.25) is 5.02 Å². The second-order valence-electron chi connectivity index (χ2n) is 6.40. The lowest BCUT2D eigenvalue weighted by Crippen LogP contribution is -2.26. The molecule has 0 bridgehead atoms. The van der Waals surface area contributed by atoms with Gasteiger partial charge in [-0.2, -0.15) is 0 Å². The average molecular weight is 354 g/mol. The van der Waals surface area contributed by atoms with Crippen LogP contribution in [-0.2, 0) is 6.42 Å². The maximum absolute atomic E-state index is 14.6. The standard InChI is InChI=1S/C22H21ClFN/c1-15(25)21(18-8-10-19(23)11-9-18)13-16-7-12-20(22(24)14-16)17-5-3-2-4-6-17/h2-12,14-15,21H,13,25H2,1H3. The first-order valence-corrected chi connectivity index (χ1v) is 8.77. The van der Waals surface area contributed by atoms with Crippen LogP contribution in [-0.4, -0.2) is 6.04 Å². The van der Waals surface area contributed by atoms with Gasteiger partial charge in [-0.25, -0.2) is 4.39 Å². The highest BCUT2D eigenvalue weighted by Crippen LogP contribution is 2.28. The summed E-state index contributed by atoms with van der Waals surface area (Å²) in [5.41, 5.74) is 9.74. The number of hydrogen-bond donors (Lipinski definition) is 1. The molecule has 3 aromatic carbocycles. The molecule has 1 nitrogen and oxygen atoms in total. The summed E-state index contributed by atoms with van der Waals surface area (Å²) < 4.78 is 14.6. The van der Waals surface area contributed by atoms with Crippen LogP contribution in [0.1, 0.15) is 24.0 Å². The van der Waals surface area contributed by atoms with Crippen LogP contribution >= 0.6 is 11.6 Å². The molecule has 2 N–H and O–H groups in total. The van der Waals surface area contributed by atoms with Crippen molar-refractivity contribution in [3.05, 3.63) is 94.8 Å². The first kappa shape index (κ1) is 17.7. The van der Waals surface area contributed by atoms with Gasteiger partial charge in [-0.05, 0) is 48.2 Å². The molecule has 0 saturated carbocycles. The van der Waals surface area contributed by atoms with Gasteiger partial charge in [0.2, 0.25) is 0 Å². The van der Waals surface area contributed by atoms with Gasteiger partial charge in [0.1, 0.15) is 5.82 Å². The van der Waals surface area contributed by atoms with Crippen LogP contribution in [0.25, 0.3) is 11.1 Å². The minimum absolute atomic E-state index is 0.0435. The minimum atomic E-state index is -0.205. The third-order valence-corrected chi connectivity index (χ3v) is 4.76. The molecule has 2 atom stereocenters. The molecule has 2 unspecified atom stereocenters. The number of nitrogens with two attached hydrogens (primary N) is 1. The minimum Gasteiger partial charge on any atom is -0.327 e. The highest BCUT2D eigenvalue weighted by Gasteiger charge is 2.18. The Bertz CT molecular complexity index is 828. The fourth-order valence-corrected chi connectivity index (χ4v) is 3.23. The van der Waals surface area contributed by atoms with Gasteiger partial charge in [-0.3, -0.25) is 0 Å². The highest BCUT2D eigenvalue weighted by molar-refractivity contribution is 6.30. The van der Waals surface area contributed by atoms with Gasteiger partial charge in [0.15, 0.2) is 0 Å². The molecule has 0 spiro atoms. The molecule has 25 heavy (non-hydrogen) atoms. The van der Waals surface area contributed by atoms with Crippen LogP contribution in [0, 0.1) is 5.82 Å². The molecular formula is C22H21ClFN. The maximum Gasteiger partial charge on any atom is 0.131 e. The Morgan fingerprint density at radius 3 is 2.24 bits per heavy atom. The van der Waals surface area contributed by atoms with Crippen LogP contribution in [0.15, 0.2) is 72.8 Å². The second kappa shape index (κ2) is 7.81.